The molecule has 1 amide bonds. The normalized spacial score (nSPS) is 25.4. The fourth-order valence-electron chi connectivity index (χ4n) is 2.89. The number of aromatic nitrogens is 1. The lowest BCUT2D eigenvalue weighted by molar-refractivity contribution is -0.121. The van der Waals surface area contributed by atoms with Crippen LogP contribution in [0.25, 0.3) is 11.1 Å². The van der Waals surface area contributed by atoms with Crippen molar-refractivity contribution in [1.29, 1.82) is 0 Å². The number of oxazole rings is 1. The van der Waals surface area contributed by atoms with E-state index in [1.807, 2.05) is 25.1 Å². The molecule has 2 aliphatic rings. The Bertz CT molecular complexity index is 697. The number of carbonyl (C=O) groups is 1. The maximum Gasteiger partial charge on any atom is 0.244 e. The maximum absolute atomic E-state index is 12.4. The molecule has 2 heterocycles. The smallest absolute Gasteiger partial charge is 0.244 e. The summed E-state index contributed by atoms with van der Waals surface area (Å²) in [5, 5.41) is 6.26. The Balaban J connectivity index is 1.57. The van der Waals surface area contributed by atoms with Crippen molar-refractivity contribution in [1.82, 2.24) is 10.3 Å². The Hall–Kier alpha value is -1.88. The molecule has 110 valence electrons. The van der Waals surface area contributed by atoms with Crippen molar-refractivity contribution >= 4 is 22.7 Å². The summed E-state index contributed by atoms with van der Waals surface area (Å²) < 4.78 is 5.74. The van der Waals surface area contributed by atoms with Gasteiger partial charge in [-0.25, -0.2) is 4.98 Å². The number of anilines is 1. The molecule has 1 atom stereocenters. The van der Waals surface area contributed by atoms with Gasteiger partial charge >= 0.3 is 0 Å². The Morgan fingerprint density at radius 2 is 2.33 bits per heavy atom. The second-order valence-electron chi connectivity index (χ2n) is 6.33. The first-order valence-corrected chi connectivity index (χ1v) is 7.61. The zero-order chi connectivity index (χ0) is 14.4. The highest BCUT2D eigenvalue weighted by atomic mass is 16.3. The molecule has 1 aliphatic carbocycles. The first-order valence-electron chi connectivity index (χ1n) is 7.61. The molecule has 1 aromatic carbocycles. The van der Waals surface area contributed by atoms with Crippen LogP contribution in [0.1, 0.15) is 44.4 Å². The standard InChI is InChI=1S/C16H19N3O2/c1-16(7-2-8-17-16)15(20)18-11-5-6-13-12(9-11)19-14(21-13)10-3-4-10/h5-6,9-10,17H,2-4,7-8H2,1H3,(H,18,20). The predicted molar refractivity (Wildman–Crippen MR) is 80.3 cm³/mol. The first kappa shape index (κ1) is 12.8. The van der Waals surface area contributed by atoms with E-state index < -0.39 is 5.54 Å². The summed E-state index contributed by atoms with van der Waals surface area (Å²) in [5.41, 5.74) is 1.93. The molecule has 1 aromatic heterocycles. The van der Waals surface area contributed by atoms with Gasteiger partial charge in [0.2, 0.25) is 5.91 Å². The molecule has 1 unspecified atom stereocenters. The third kappa shape index (κ3) is 2.31. The number of benzene rings is 1. The van der Waals surface area contributed by atoms with E-state index in [2.05, 4.69) is 15.6 Å². The number of rotatable bonds is 3. The molecule has 0 bridgehead atoms. The third-order valence-electron chi connectivity index (χ3n) is 4.46. The molecule has 1 aliphatic heterocycles. The Kier molecular flexibility index (Phi) is 2.79. The quantitative estimate of drug-likeness (QED) is 0.910. The number of hydrogen-bond donors (Lipinski definition) is 2. The lowest BCUT2D eigenvalue weighted by Crippen LogP contribution is -2.47. The van der Waals surface area contributed by atoms with Crippen LogP contribution in [0.3, 0.4) is 0 Å². The van der Waals surface area contributed by atoms with Crippen LogP contribution in [0, 0.1) is 0 Å². The molecule has 1 saturated heterocycles. The van der Waals surface area contributed by atoms with Gasteiger partial charge in [0.1, 0.15) is 5.52 Å². The van der Waals surface area contributed by atoms with E-state index in [9.17, 15) is 4.79 Å². The summed E-state index contributed by atoms with van der Waals surface area (Å²) in [7, 11) is 0. The Morgan fingerprint density at radius 1 is 1.48 bits per heavy atom. The highest BCUT2D eigenvalue weighted by Crippen LogP contribution is 2.40. The first-order chi connectivity index (χ1) is 10.1. The van der Waals surface area contributed by atoms with Crippen LogP contribution >= 0.6 is 0 Å². The maximum atomic E-state index is 12.4. The number of nitrogens with zero attached hydrogens (tertiary/aromatic N) is 1. The van der Waals surface area contributed by atoms with Crippen LogP contribution in [0.5, 0.6) is 0 Å². The molecular weight excluding hydrogens is 266 g/mol. The average molecular weight is 285 g/mol. The molecule has 2 fully saturated rings. The molecule has 2 aromatic rings. The molecule has 1 saturated carbocycles. The van der Waals surface area contributed by atoms with Gasteiger partial charge in [-0.05, 0) is 57.4 Å². The van der Waals surface area contributed by atoms with Gasteiger partial charge < -0.3 is 15.1 Å². The molecule has 0 radical (unpaired) electrons. The molecular formula is C16H19N3O2. The lowest BCUT2D eigenvalue weighted by atomic mass is 9.99. The molecule has 5 heteroatoms. The lowest BCUT2D eigenvalue weighted by Gasteiger charge is -2.22. The van der Waals surface area contributed by atoms with Gasteiger partial charge in [-0.15, -0.1) is 0 Å². The molecule has 2 N–H and O–H groups in total. The van der Waals surface area contributed by atoms with Crippen molar-refractivity contribution in [3.8, 4) is 0 Å². The van der Waals surface area contributed by atoms with E-state index in [0.29, 0.717) is 5.92 Å². The number of amides is 1. The summed E-state index contributed by atoms with van der Waals surface area (Å²) in [6.45, 7) is 2.85. The minimum absolute atomic E-state index is 0.0188. The predicted octanol–water partition coefficient (Wildman–Crippen LogP) is 2.79. The summed E-state index contributed by atoms with van der Waals surface area (Å²) in [4.78, 5) is 16.9. The van der Waals surface area contributed by atoms with Crippen LogP contribution < -0.4 is 10.6 Å². The van der Waals surface area contributed by atoms with E-state index in [-0.39, 0.29) is 5.91 Å². The number of nitrogens with one attached hydrogen (secondary N) is 2. The van der Waals surface area contributed by atoms with E-state index in [4.69, 9.17) is 4.42 Å². The van der Waals surface area contributed by atoms with Gasteiger partial charge in [0.05, 0.1) is 5.54 Å². The van der Waals surface area contributed by atoms with Crippen molar-refractivity contribution in [3.05, 3.63) is 24.1 Å². The second kappa shape index (κ2) is 4.56. The Morgan fingerprint density at radius 3 is 3.05 bits per heavy atom. The van der Waals surface area contributed by atoms with E-state index in [1.165, 1.54) is 12.8 Å². The van der Waals surface area contributed by atoms with Crippen LogP contribution in [-0.2, 0) is 4.79 Å². The summed E-state index contributed by atoms with van der Waals surface area (Å²) >= 11 is 0. The topological polar surface area (TPSA) is 67.2 Å². The fourth-order valence-corrected chi connectivity index (χ4v) is 2.89. The van der Waals surface area contributed by atoms with Gasteiger partial charge in [-0.2, -0.15) is 0 Å². The number of hydrogen-bond acceptors (Lipinski definition) is 4. The van der Waals surface area contributed by atoms with Gasteiger partial charge in [-0.3, -0.25) is 4.79 Å². The highest BCUT2D eigenvalue weighted by molar-refractivity contribution is 5.99. The average Bonchev–Trinajstić information content (AvgIpc) is 3.08. The van der Waals surface area contributed by atoms with E-state index >= 15 is 0 Å². The minimum Gasteiger partial charge on any atom is -0.440 e. The van der Waals surface area contributed by atoms with E-state index in [1.54, 1.807) is 0 Å². The second-order valence-corrected chi connectivity index (χ2v) is 6.33. The highest BCUT2D eigenvalue weighted by Gasteiger charge is 2.36. The fraction of sp³-hybridized carbons (Fsp3) is 0.500. The third-order valence-corrected chi connectivity index (χ3v) is 4.46. The summed E-state index contributed by atoms with van der Waals surface area (Å²) in [5.74, 6) is 1.35. The number of fused-ring (bicyclic) bond motifs is 1. The van der Waals surface area contributed by atoms with Crippen molar-refractivity contribution in [2.24, 2.45) is 0 Å². The van der Waals surface area contributed by atoms with E-state index in [0.717, 1.165) is 42.1 Å². The molecule has 21 heavy (non-hydrogen) atoms. The van der Waals surface area contributed by atoms with Crippen LogP contribution in [-0.4, -0.2) is 23.0 Å². The van der Waals surface area contributed by atoms with Crippen molar-refractivity contribution in [3.63, 3.8) is 0 Å². The molecule has 4 rings (SSSR count). The summed E-state index contributed by atoms with van der Waals surface area (Å²) in [6, 6.07) is 5.65. The van der Waals surface area contributed by atoms with Gasteiger partial charge in [-0.1, -0.05) is 0 Å². The number of carbonyl (C=O) groups excluding carboxylic acids is 1. The largest absolute Gasteiger partial charge is 0.440 e. The van der Waals surface area contributed by atoms with Crippen LogP contribution in [0.4, 0.5) is 5.69 Å². The van der Waals surface area contributed by atoms with Gasteiger partial charge in [0, 0.05) is 11.6 Å². The SMILES string of the molecule is CC1(C(=O)Nc2ccc3oc(C4CC4)nc3c2)CCCN1. The van der Waals surface area contributed by atoms with Gasteiger partial charge in [0.15, 0.2) is 11.5 Å². The minimum atomic E-state index is -0.460. The zero-order valence-corrected chi connectivity index (χ0v) is 12.1. The zero-order valence-electron chi connectivity index (χ0n) is 12.1. The molecule has 5 nitrogen and oxygen atoms in total. The van der Waals surface area contributed by atoms with Crippen molar-refractivity contribution in [2.75, 3.05) is 11.9 Å². The monoisotopic (exact) mass is 285 g/mol. The summed E-state index contributed by atoms with van der Waals surface area (Å²) in [6.07, 6.45) is 4.24. The van der Waals surface area contributed by atoms with Crippen LogP contribution in [0.15, 0.2) is 22.6 Å². The molecule has 0 spiro atoms. The van der Waals surface area contributed by atoms with Gasteiger partial charge in [0.25, 0.3) is 0 Å². The Labute approximate surface area is 123 Å². The van der Waals surface area contributed by atoms with Crippen molar-refractivity contribution < 1.29 is 9.21 Å². The van der Waals surface area contributed by atoms with Crippen molar-refractivity contribution in [2.45, 2.75) is 44.1 Å². The van der Waals surface area contributed by atoms with Crippen LogP contribution in [0.2, 0.25) is 0 Å².